The van der Waals surface area contributed by atoms with Crippen molar-refractivity contribution in [2.75, 3.05) is 5.73 Å². The third-order valence-corrected chi connectivity index (χ3v) is 1.42. The Morgan fingerprint density at radius 3 is 2.50 bits per heavy atom. The molecule has 0 spiro atoms. The van der Waals surface area contributed by atoms with E-state index in [4.69, 9.17) is 5.73 Å². The first-order valence-electron chi connectivity index (χ1n) is 3.24. The van der Waals surface area contributed by atoms with Gasteiger partial charge in [-0.05, 0) is 6.92 Å². The molecule has 1 rings (SSSR count). The summed E-state index contributed by atoms with van der Waals surface area (Å²) in [5.41, 5.74) is 5.25. The van der Waals surface area contributed by atoms with Crippen LogP contribution < -0.4 is 5.73 Å². The van der Waals surface area contributed by atoms with Crippen molar-refractivity contribution in [2.45, 2.75) is 19.6 Å². The number of halogens is 3. The Bertz CT molecular complexity index is 257. The number of aryl methyl sites for hydroxylation is 1. The normalized spacial score (nSPS) is 12.0. The second-order valence-electron chi connectivity index (χ2n) is 2.43. The van der Waals surface area contributed by atoms with E-state index in [1.165, 1.54) is 13.1 Å². The molecule has 2 N–H and O–H groups in total. The minimum atomic E-state index is -4.25. The zero-order valence-electron chi connectivity index (χ0n) is 6.39. The van der Waals surface area contributed by atoms with E-state index in [0.717, 1.165) is 4.57 Å². The van der Waals surface area contributed by atoms with Crippen LogP contribution in [0.2, 0.25) is 0 Å². The van der Waals surface area contributed by atoms with Gasteiger partial charge in [0, 0.05) is 0 Å². The van der Waals surface area contributed by atoms with E-state index in [2.05, 4.69) is 4.98 Å². The molecule has 0 amide bonds. The molecule has 0 fully saturated rings. The van der Waals surface area contributed by atoms with Crippen molar-refractivity contribution in [3.05, 3.63) is 12.0 Å². The summed E-state index contributed by atoms with van der Waals surface area (Å²) in [6.07, 6.45) is -3.04. The van der Waals surface area contributed by atoms with Crippen molar-refractivity contribution in [1.82, 2.24) is 9.55 Å². The largest absolute Gasteiger partial charge is 0.406 e. The van der Waals surface area contributed by atoms with Gasteiger partial charge in [-0.2, -0.15) is 13.2 Å². The summed E-state index contributed by atoms with van der Waals surface area (Å²) >= 11 is 0. The number of aromatic nitrogens is 2. The lowest BCUT2D eigenvalue weighted by Crippen LogP contribution is -2.19. The molecule has 0 aromatic carbocycles. The van der Waals surface area contributed by atoms with Gasteiger partial charge in [-0.1, -0.05) is 0 Å². The predicted molar refractivity (Wildman–Crippen MR) is 37.4 cm³/mol. The molecule has 0 unspecified atom stereocenters. The summed E-state index contributed by atoms with van der Waals surface area (Å²) in [5, 5.41) is 0. The van der Waals surface area contributed by atoms with Crippen LogP contribution in [0.3, 0.4) is 0 Å². The van der Waals surface area contributed by atoms with Gasteiger partial charge in [0.15, 0.2) is 0 Å². The van der Waals surface area contributed by atoms with Crippen LogP contribution in [-0.2, 0) is 6.54 Å². The standard InChI is InChI=1S/C6H8F3N3/c1-4-11-2-5(10)12(4)3-6(7,8)9/h2H,3,10H2,1H3. The molecule has 0 radical (unpaired) electrons. The first-order valence-corrected chi connectivity index (χ1v) is 3.24. The predicted octanol–water partition coefficient (Wildman–Crippen LogP) is 1.34. The molecule has 3 nitrogen and oxygen atoms in total. The zero-order chi connectivity index (χ0) is 9.35. The van der Waals surface area contributed by atoms with Crippen LogP contribution in [0.1, 0.15) is 5.82 Å². The monoisotopic (exact) mass is 179 g/mol. The third-order valence-electron chi connectivity index (χ3n) is 1.42. The first kappa shape index (κ1) is 8.89. The summed E-state index contributed by atoms with van der Waals surface area (Å²) in [6, 6.07) is 0. The van der Waals surface area contributed by atoms with Gasteiger partial charge in [0.2, 0.25) is 0 Å². The molecule has 6 heteroatoms. The molecule has 0 aliphatic carbocycles. The Labute approximate surface area is 67.0 Å². The smallest absolute Gasteiger partial charge is 0.384 e. The Morgan fingerprint density at radius 2 is 2.17 bits per heavy atom. The number of hydrogen-bond donors (Lipinski definition) is 1. The highest BCUT2D eigenvalue weighted by Crippen LogP contribution is 2.20. The second-order valence-corrected chi connectivity index (χ2v) is 2.43. The summed E-state index contributed by atoms with van der Waals surface area (Å²) in [4.78, 5) is 3.64. The number of alkyl halides is 3. The fraction of sp³-hybridized carbons (Fsp3) is 0.500. The lowest BCUT2D eigenvalue weighted by molar-refractivity contribution is -0.140. The average Bonchev–Trinajstić information content (AvgIpc) is 2.16. The van der Waals surface area contributed by atoms with E-state index in [0.29, 0.717) is 0 Å². The van der Waals surface area contributed by atoms with Crippen LogP contribution in [-0.4, -0.2) is 15.7 Å². The van der Waals surface area contributed by atoms with Crippen LogP contribution in [0.4, 0.5) is 19.0 Å². The number of hydrogen-bond acceptors (Lipinski definition) is 2. The molecule has 12 heavy (non-hydrogen) atoms. The summed E-state index contributed by atoms with van der Waals surface area (Å²) in [5.74, 6) is 0.301. The molecule has 1 aromatic rings. The maximum absolute atomic E-state index is 11.9. The molecule has 0 saturated heterocycles. The Balaban J connectivity index is 2.88. The van der Waals surface area contributed by atoms with Gasteiger partial charge < -0.3 is 10.3 Å². The maximum Gasteiger partial charge on any atom is 0.406 e. The molecule has 0 bridgehead atoms. The maximum atomic E-state index is 11.9. The van der Waals surface area contributed by atoms with Gasteiger partial charge in [0.25, 0.3) is 0 Å². The number of rotatable bonds is 1. The highest BCUT2D eigenvalue weighted by atomic mass is 19.4. The van der Waals surface area contributed by atoms with E-state index in [1.54, 1.807) is 0 Å². The van der Waals surface area contributed by atoms with Gasteiger partial charge in [-0.3, -0.25) is 0 Å². The van der Waals surface area contributed by atoms with Gasteiger partial charge in [0.1, 0.15) is 18.2 Å². The van der Waals surface area contributed by atoms with Crippen molar-refractivity contribution in [1.29, 1.82) is 0 Å². The zero-order valence-corrected chi connectivity index (χ0v) is 6.39. The highest BCUT2D eigenvalue weighted by molar-refractivity contribution is 5.27. The quantitative estimate of drug-likeness (QED) is 0.706. The van der Waals surface area contributed by atoms with Gasteiger partial charge >= 0.3 is 6.18 Å². The summed E-state index contributed by atoms with van der Waals surface area (Å²) in [7, 11) is 0. The van der Waals surface area contributed by atoms with Crippen molar-refractivity contribution in [2.24, 2.45) is 0 Å². The number of imidazole rings is 1. The van der Waals surface area contributed by atoms with E-state index in [1.807, 2.05) is 0 Å². The van der Waals surface area contributed by atoms with E-state index in [-0.39, 0.29) is 11.6 Å². The Hall–Kier alpha value is -1.20. The second kappa shape index (κ2) is 2.69. The van der Waals surface area contributed by atoms with Gasteiger partial charge in [-0.15, -0.1) is 0 Å². The van der Waals surface area contributed by atoms with E-state index >= 15 is 0 Å². The Morgan fingerprint density at radius 1 is 1.58 bits per heavy atom. The Kier molecular flexibility index (Phi) is 1.99. The van der Waals surface area contributed by atoms with Crippen LogP contribution in [0.15, 0.2) is 6.20 Å². The van der Waals surface area contributed by atoms with Gasteiger partial charge in [-0.25, -0.2) is 4.98 Å². The van der Waals surface area contributed by atoms with Crippen molar-refractivity contribution < 1.29 is 13.2 Å². The van der Waals surface area contributed by atoms with Crippen molar-refractivity contribution in [3.63, 3.8) is 0 Å². The van der Waals surface area contributed by atoms with E-state index in [9.17, 15) is 13.2 Å². The minimum absolute atomic E-state index is 0.0322. The van der Waals surface area contributed by atoms with Crippen LogP contribution in [0, 0.1) is 6.92 Å². The SMILES string of the molecule is Cc1ncc(N)n1CC(F)(F)F. The fourth-order valence-electron chi connectivity index (χ4n) is 0.871. The fourth-order valence-corrected chi connectivity index (χ4v) is 0.871. The topological polar surface area (TPSA) is 43.8 Å². The van der Waals surface area contributed by atoms with Crippen molar-refractivity contribution >= 4 is 5.82 Å². The molecular weight excluding hydrogens is 171 g/mol. The van der Waals surface area contributed by atoms with Crippen LogP contribution in [0.5, 0.6) is 0 Å². The van der Waals surface area contributed by atoms with Gasteiger partial charge in [0.05, 0.1) is 6.20 Å². The molecule has 0 saturated carbocycles. The molecule has 0 atom stereocenters. The third kappa shape index (κ3) is 1.90. The molecule has 68 valence electrons. The average molecular weight is 179 g/mol. The molecular formula is C6H8F3N3. The summed E-state index contributed by atoms with van der Waals surface area (Å²) in [6.45, 7) is 0.396. The van der Waals surface area contributed by atoms with E-state index < -0.39 is 12.7 Å². The number of nitrogen functional groups attached to an aromatic ring is 1. The molecule has 1 heterocycles. The lowest BCUT2D eigenvalue weighted by atomic mass is 10.5. The number of nitrogens with two attached hydrogens (primary N) is 1. The molecule has 0 aliphatic heterocycles. The molecule has 1 aromatic heterocycles. The number of anilines is 1. The number of nitrogens with zero attached hydrogens (tertiary/aromatic N) is 2. The minimum Gasteiger partial charge on any atom is -0.384 e. The van der Waals surface area contributed by atoms with Crippen LogP contribution in [0.25, 0.3) is 0 Å². The highest BCUT2D eigenvalue weighted by Gasteiger charge is 2.29. The van der Waals surface area contributed by atoms with Crippen LogP contribution >= 0.6 is 0 Å². The molecule has 0 aliphatic rings. The first-order chi connectivity index (χ1) is 5.40. The summed E-state index contributed by atoms with van der Waals surface area (Å²) < 4.78 is 36.5. The lowest BCUT2D eigenvalue weighted by Gasteiger charge is -2.09. The van der Waals surface area contributed by atoms with Crippen molar-refractivity contribution in [3.8, 4) is 0 Å².